The van der Waals surface area contributed by atoms with Crippen molar-refractivity contribution in [1.29, 1.82) is 0 Å². The Bertz CT molecular complexity index is 729. The molecule has 0 aliphatic heterocycles. The summed E-state index contributed by atoms with van der Waals surface area (Å²) in [4.78, 5) is 0. The first-order chi connectivity index (χ1) is 11.2. The Morgan fingerprint density at radius 3 is 2.39 bits per heavy atom. The van der Waals surface area contributed by atoms with Gasteiger partial charge in [0.05, 0.1) is 11.8 Å². The number of aromatic nitrogens is 4. The summed E-state index contributed by atoms with van der Waals surface area (Å²) >= 11 is 0. The second-order valence-corrected chi connectivity index (χ2v) is 5.46. The average molecular weight is 309 g/mol. The van der Waals surface area contributed by atoms with Crippen LogP contribution in [0.1, 0.15) is 25.0 Å². The second kappa shape index (κ2) is 7.02. The van der Waals surface area contributed by atoms with Crippen LogP contribution < -0.4 is 5.32 Å². The summed E-state index contributed by atoms with van der Waals surface area (Å²) < 4.78 is 1.64. The van der Waals surface area contributed by atoms with Gasteiger partial charge in [-0.25, -0.2) is 0 Å². The van der Waals surface area contributed by atoms with Crippen molar-refractivity contribution in [1.82, 2.24) is 20.2 Å². The minimum Gasteiger partial charge on any atom is -0.388 e. The molecule has 0 saturated heterocycles. The fourth-order valence-electron chi connectivity index (χ4n) is 2.45. The van der Waals surface area contributed by atoms with Crippen molar-refractivity contribution in [2.45, 2.75) is 25.5 Å². The number of rotatable bonds is 6. The lowest BCUT2D eigenvalue weighted by Crippen LogP contribution is -2.21. The number of aliphatic hydroxyl groups excluding tert-OH is 1. The van der Waals surface area contributed by atoms with E-state index < -0.39 is 6.10 Å². The van der Waals surface area contributed by atoms with Gasteiger partial charge in [-0.2, -0.15) is 4.68 Å². The van der Waals surface area contributed by atoms with Gasteiger partial charge in [-0.1, -0.05) is 53.6 Å². The maximum absolute atomic E-state index is 10.3. The first kappa shape index (κ1) is 15.2. The van der Waals surface area contributed by atoms with E-state index in [2.05, 4.69) is 20.8 Å². The summed E-state index contributed by atoms with van der Waals surface area (Å²) in [5, 5.41) is 25.3. The fraction of sp³-hybridized carbons (Fsp3) is 0.235. The van der Waals surface area contributed by atoms with Gasteiger partial charge in [-0.05, 0) is 41.5 Å². The van der Waals surface area contributed by atoms with Crippen molar-refractivity contribution in [2.24, 2.45) is 0 Å². The van der Waals surface area contributed by atoms with Crippen molar-refractivity contribution in [3.8, 4) is 5.69 Å². The predicted octanol–water partition coefficient (Wildman–Crippen LogP) is 2.59. The number of anilines is 1. The van der Waals surface area contributed by atoms with Crippen LogP contribution in [0.2, 0.25) is 0 Å². The van der Waals surface area contributed by atoms with E-state index >= 15 is 0 Å². The van der Waals surface area contributed by atoms with Crippen LogP contribution in [0.5, 0.6) is 0 Å². The molecule has 0 unspecified atom stereocenters. The van der Waals surface area contributed by atoms with E-state index in [1.165, 1.54) is 0 Å². The lowest BCUT2D eigenvalue weighted by molar-refractivity contribution is 0.162. The van der Waals surface area contributed by atoms with E-state index in [0.717, 1.165) is 11.3 Å². The Labute approximate surface area is 134 Å². The van der Waals surface area contributed by atoms with Crippen LogP contribution >= 0.6 is 0 Å². The van der Waals surface area contributed by atoms with E-state index in [0.29, 0.717) is 12.4 Å². The van der Waals surface area contributed by atoms with Crippen molar-refractivity contribution in [3.63, 3.8) is 0 Å². The molecule has 2 N–H and O–H groups in total. The third-order valence-corrected chi connectivity index (χ3v) is 3.61. The summed E-state index contributed by atoms with van der Waals surface area (Å²) in [6.07, 6.45) is 0.0332. The molecule has 0 fully saturated rings. The molecule has 6 nitrogen and oxygen atoms in total. The highest BCUT2D eigenvalue weighted by molar-refractivity contribution is 5.38. The Hall–Kier alpha value is -2.73. The summed E-state index contributed by atoms with van der Waals surface area (Å²) in [5.41, 5.74) is 1.79. The quantitative estimate of drug-likeness (QED) is 0.732. The third kappa shape index (κ3) is 3.73. The number of benzene rings is 2. The Morgan fingerprint density at radius 1 is 1.04 bits per heavy atom. The number of tetrazole rings is 1. The van der Waals surface area contributed by atoms with Gasteiger partial charge in [-0.3, -0.25) is 0 Å². The van der Waals surface area contributed by atoms with Gasteiger partial charge >= 0.3 is 0 Å². The number of hydrogen-bond donors (Lipinski definition) is 2. The largest absolute Gasteiger partial charge is 0.388 e. The average Bonchev–Trinajstić information content (AvgIpc) is 3.04. The topological polar surface area (TPSA) is 75.9 Å². The van der Waals surface area contributed by atoms with Crippen molar-refractivity contribution in [3.05, 3.63) is 66.2 Å². The number of aliphatic hydroxyl groups is 1. The van der Waals surface area contributed by atoms with Crippen LogP contribution in [0.3, 0.4) is 0 Å². The molecule has 2 aromatic carbocycles. The molecule has 3 aromatic rings. The smallest absolute Gasteiger partial charge is 0.247 e. The van der Waals surface area contributed by atoms with E-state index in [-0.39, 0.29) is 6.04 Å². The number of nitrogens with zero attached hydrogens (tertiary/aromatic N) is 4. The zero-order valence-electron chi connectivity index (χ0n) is 12.9. The summed E-state index contributed by atoms with van der Waals surface area (Å²) in [6.45, 7) is 2.00. The van der Waals surface area contributed by atoms with Crippen molar-refractivity contribution >= 4 is 5.95 Å². The Balaban J connectivity index is 1.67. The minimum atomic E-state index is -0.528. The highest BCUT2D eigenvalue weighted by Gasteiger charge is 2.15. The molecule has 0 saturated carbocycles. The van der Waals surface area contributed by atoms with Crippen LogP contribution in [0.15, 0.2) is 60.7 Å². The molecule has 23 heavy (non-hydrogen) atoms. The predicted molar refractivity (Wildman–Crippen MR) is 88.3 cm³/mol. The lowest BCUT2D eigenvalue weighted by Gasteiger charge is -2.18. The van der Waals surface area contributed by atoms with E-state index in [9.17, 15) is 5.11 Å². The van der Waals surface area contributed by atoms with Crippen molar-refractivity contribution in [2.75, 3.05) is 5.32 Å². The molecule has 0 aliphatic rings. The zero-order valence-corrected chi connectivity index (χ0v) is 12.9. The maximum atomic E-state index is 10.3. The lowest BCUT2D eigenvalue weighted by atomic mass is 10.0. The van der Waals surface area contributed by atoms with Crippen LogP contribution in [-0.4, -0.2) is 31.4 Å². The molecular formula is C17H19N5O. The van der Waals surface area contributed by atoms with Crippen molar-refractivity contribution < 1.29 is 5.11 Å². The van der Waals surface area contributed by atoms with E-state index in [4.69, 9.17) is 0 Å². The molecule has 6 heteroatoms. The maximum Gasteiger partial charge on any atom is 0.247 e. The number of para-hydroxylation sites is 1. The number of nitrogens with one attached hydrogen (secondary N) is 1. The summed E-state index contributed by atoms with van der Waals surface area (Å²) in [6, 6.07) is 19.3. The first-order valence-corrected chi connectivity index (χ1v) is 7.57. The van der Waals surface area contributed by atoms with E-state index in [1.807, 2.05) is 67.6 Å². The van der Waals surface area contributed by atoms with Gasteiger partial charge in [0.1, 0.15) is 0 Å². The highest BCUT2D eigenvalue weighted by Crippen LogP contribution is 2.20. The summed E-state index contributed by atoms with van der Waals surface area (Å²) in [7, 11) is 0. The zero-order chi connectivity index (χ0) is 16.1. The molecular weight excluding hydrogens is 290 g/mol. The van der Waals surface area contributed by atoms with Gasteiger partial charge < -0.3 is 10.4 Å². The Morgan fingerprint density at radius 2 is 1.70 bits per heavy atom. The SMILES string of the molecule is C[C@@H](C[C@H](O)c1ccccc1)Nc1nnnn1-c1ccccc1. The monoisotopic (exact) mass is 309 g/mol. The van der Waals surface area contributed by atoms with Gasteiger partial charge in [0.2, 0.25) is 5.95 Å². The molecule has 2 atom stereocenters. The van der Waals surface area contributed by atoms with E-state index in [1.54, 1.807) is 4.68 Å². The molecule has 0 aliphatic carbocycles. The molecule has 1 aromatic heterocycles. The molecule has 0 spiro atoms. The second-order valence-electron chi connectivity index (χ2n) is 5.46. The van der Waals surface area contributed by atoms with Crippen LogP contribution in [-0.2, 0) is 0 Å². The molecule has 0 radical (unpaired) electrons. The third-order valence-electron chi connectivity index (χ3n) is 3.61. The molecule has 118 valence electrons. The molecule has 3 rings (SSSR count). The highest BCUT2D eigenvalue weighted by atomic mass is 16.3. The first-order valence-electron chi connectivity index (χ1n) is 7.57. The van der Waals surface area contributed by atoms with Crippen LogP contribution in [0, 0.1) is 0 Å². The van der Waals surface area contributed by atoms with Gasteiger partial charge in [-0.15, -0.1) is 0 Å². The standard InChI is InChI=1S/C17H19N5O/c1-13(12-16(23)14-8-4-2-5-9-14)18-17-19-20-21-22(17)15-10-6-3-7-11-15/h2-11,13,16,23H,12H2,1H3,(H,18,19,21)/t13-,16-/m0/s1. The van der Waals surface area contributed by atoms with Gasteiger partial charge in [0, 0.05) is 6.04 Å². The molecule has 1 heterocycles. The summed E-state index contributed by atoms with van der Waals surface area (Å²) in [5.74, 6) is 0.559. The Kier molecular flexibility index (Phi) is 4.63. The number of hydrogen-bond acceptors (Lipinski definition) is 5. The van der Waals surface area contributed by atoms with Crippen LogP contribution in [0.25, 0.3) is 5.69 Å². The molecule has 0 bridgehead atoms. The minimum absolute atomic E-state index is 0.0127. The van der Waals surface area contributed by atoms with Gasteiger partial charge in [0.15, 0.2) is 0 Å². The van der Waals surface area contributed by atoms with Crippen LogP contribution in [0.4, 0.5) is 5.95 Å². The fourth-order valence-corrected chi connectivity index (χ4v) is 2.45. The molecule has 0 amide bonds. The normalized spacial score (nSPS) is 13.5. The van der Waals surface area contributed by atoms with Gasteiger partial charge in [0.25, 0.3) is 0 Å².